The van der Waals surface area contributed by atoms with E-state index in [1.807, 2.05) is 6.07 Å². The Hall–Kier alpha value is -1.03. The van der Waals surface area contributed by atoms with Gasteiger partial charge in [-0.1, -0.05) is 0 Å². The van der Waals surface area contributed by atoms with Gasteiger partial charge in [0.05, 0.1) is 6.54 Å². The molecule has 0 atom stereocenters. The van der Waals surface area contributed by atoms with Gasteiger partial charge in [0, 0.05) is 39.1 Å². The van der Waals surface area contributed by atoms with Crippen LogP contribution in [0.5, 0.6) is 5.75 Å². The molecular formula is C15H12ClF2N2O2Y-. The largest absolute Gasteiger partial charge is 0.479 e. The van der Waals surface area contributed by atoms with Crippen LogP contribution in [-0.2, 0) is 37.5 Å². The third-order valence-corrected chi connectivity index (χ3v) is 3.33. The van der Waals surface area contributed by atoms with Crippen LogP contribution in [0.2, 0.25) is 5.02 Å². The number of carbonyl (C=O) groups excluding carboxylic acids is 1. The zero-order valence-electron chi connectivity index (χ0n) is 12.1. The first-order valence-corrected chi connectivity index (χ1v) is 6.89. The summed E-state index contributed by atoms with van der Waals surface area (Å²) in [7, 11) is 0. The van der Waals surface area contributed by atoms with Crippen molar-refractivity contribution in [3.8, 4) is 11.8 Å². The summed E-state index contributed by atoms with van der Waals surface area (Å²) in [5.41, 5.74) is 0.688. The number of allylic oxidation sites excluding steroid dienone is 1. The number of nitrogens with zero attached hydrogens (tertiary/aromatic N) is 2. The SMILES string of the molecule is N#CCOc1ccc(C2=[C-]CCC(=O)N2CC(F)F)c(Cl)c1.[Y]. The Morgan fingerprint density at radius 1 is 1.48 bits per heavy atom. The zero-order valence-corrected chi connectivity index (χ0v) is 15.7. The second-order valence-corrected chi connectivity index (χ2v) is 4.92. The maximum absolute atomic E-state index is 12.7. The Balaban J connectivity index is 0.00000264. The van der Waals surface area contributed by atoms with E-state index in [1.54, 1.807) is 12.1 Å². The van der Waals surface area contributed by atoms with Gasteiger partial charge in [-0.25, -0.2) is 14.9 Å². The van der Waals surface area contributed by atoms with Gasteiger partial charge in [0.15, 0.2) is 6.61 Å². The van der Waals surface area contributed by atoms with Crippen LogP contribution in [-0.4, -0.2) is 30.4 Å². The van der Waals surface area contributed by atoms with Crippen LogP contribution in [0.3, 0.4) is 0 Å². The number of hydrogen-bond donors (Lipinski definition) is 0. The first-order chi connectivity index (χ1) is 10.5. The monoisotopic (exact) mass is 414 g/mol. The van der Waals surface area contributed by atoms with E-state index in [4.69, 9.17) is 21.6 Å². The summed E-state index contributed by atoms with van der Waals surface area (Å²) in [6, 6.07) is 6.43. The molecule has 0 N–H and O–H groups in total. The summed E-state index contributed by atoms with van der Waals surface area (Å²) in [5, 5.41) is 8.71. The number of nitriles is 1. The molecule has 1 heterocycles. The van der Waals surface area contributed by atoms with Crippen molar-refractivity contribution in [1.82, 2.24) is 4.90 Å². The summed E-state index contributed by atoms with van der Waals surface area (Å²) in [5.74, 6) is 0.00775. The Morgan fingerprint density at radius 3 is 2.83 bits per heavy atom. The van der Waals surface area contributed by atoms with Gasteiger partial charge in [-0.05, 0) is 17.2 Å². The van der Waals surface area contributed by atoms with E-state index in [0.717, 1.165) is 4.90 Å². The van der Waals surface area contributed by atoms with E-state index in [-0.39, 0.29) is 62.4 Å². The van der Waals surface area contributed by atoms with Gasteiger partial charge in [0.2, 0.25) is 5.91 Å². The third-order valence-electron chi connectivity index (χ3n) is 3.02. The van der Waals surface area contributed by atoms with Crippen molar-refractivity contribution in [3.63, 3.8) is 0 Å². The molecule has 0 aromatic heterocycles. The van der Waals surface area contributed by atoms with Crippen molar-refractivity contribution in [2.24, 2.45) is 0 Å². The third kappa shape index (κ3) is 5.24. The summed E-state index contributed by atoms with van der Waals surface area (Å²) in [6.07, 6.45) is 0.801. The van der Waals surface area contributed by atoms with Crippen LogP contribution in [0.4, 0.5) is 8.78 Å². The fraction of sp³-hybridized carbons (Fsp3) is 0.333. The molecule has 0 spiro atoms. The van der Waals surface area contributed by atoms with E-state index >= 15 is 0 Å². The van der Waals surface area contributed by atoms with Crippen LogP contribution < -0.4 is 4.74 Å². The minimum Gasteiger partial charge on any atom is -0.479 e. The molecule has 1 aliphatic rings. The summed E-state index contributed by atoms with van der Waals surface area (Å²) >= 11 is 6.14. The minimum atomic E-state index is -2.64. The smallest absolute Gasteiger partial charge is 0.256 e. The van der Waals surface area contributed by atoms with Crippen molar-refractivity contribution >= 4 is 23.2 Å². The van der Waals surface area contributed by atoms with Crippen LogP contribution in [0.1, 0.15) is 18.4 Å². The van der Waals surface area contributed by atoms with Crippen molar-refractivity contribution < 1.29 is 51.0 Å². The number of benzene rings is 1. The molecule has 0 saturated carbocycles. The molecule has 1 aromatic rings. The molecule has 23 heavy (non-hydrogen) atoms. The molecule has 8 heteroatoms. The van der Waals surface area contributed by atoms with E-state index in [9.17, 15) is 13.6 Å². The van der Waals surface area contributed by atoms with E-state index < -0.39 is 13.0 Å². The Kier molecular flexibility index (Phi) is 8.11. The molecule has 119 valence electrons. The van der Waals surface area contributed by atoms with Gasteiger partial charge < -0.3 is 9.64 Å². The average Bonchev–Trinajstić information content (AvgIpc) is 2.47. The molecule has 1 amide bonds. The van der Waals surface area contributed by atoms with E-state index in [0.29, 0.717) is 17.7 Å². The number of carbonyl (C=O) groups is 1. The first-order valence-electron chi connectivity index (χ1n) is 6.52. The zero-order chi connectivity index (χ0) is 16.1. The molecular weight excluding hydrogens is 403 g/mol. The quantitative estimate of drug-likeness (QED) is 0.695. The summed E-state index contributed by atoms with van der Waals surface area (Å²) in [6.45, 7) is -0.815. The molecule has 0 saturated heterocycles. The second kappa shape index (κ2) is 9.31. The van der Waals surface area contributed by atoms with Crippen LogP contribution in [0.15, 0.2) is 18.2 Å². The van der Waals surface area contributed by atoms with Crippen LogP contribution in [0, 0.1) is 17.4 Å². The molecule has 1 aromatic carbocycles. The predicted octanol–water partition coefficient (Wildman–Crippen LogP) is 3.27. The second-order valence-electron chi connectivity index (χ2n) is 4.51. The van der Waals surface area contributed by atoms with Gasteiger partial charge in [0.25, 0.3) is 6.43 Å². The Morgan fingerprint density at radius 2 is 2.22 bits per heavy atom. The molecule has 0 unspecified atom stereocenters. The van der Waals surface area contributed by atoms with Crippen molar-refractivity contribution in [2.45, 2.75) is 19.3 Å². The average molecular weight is 415 g/mol. The van der Waals surface area contributed by atoms with Crippen molar-refractivity contribution in [2.75, 3.05) is 13.2 Å². The molecule has 1 aliphatic heterocycles. The molecule has 0 bridgehead atoms. The van der Waals surface area contributed by atoms with Crippen LogP contribution >= 0.6 is 11.6 Å². The van der Waals surface area contributed by atoms with Crippen molar-refractivity contribution in [1.29, 1.82) is 5.26 Å². The minimum absolute atomic E-state index is 0. The maximum atomic E-state index is 12.7. The topological polar surface area (TPSA) is 53.3 Å². The van der Waals surface area contributed by atoms with E-state index in [1.165, 1.54) is 6.07 Å². The van der Waals surface area contributed by atoms with Gasteiger partial charge in [-0.3, -0.25) is 4.79 Å². The standard InChI is InChI=1S/C15H12ClF2N2O2.Y/c16-12-8-10(22-7-6-19)4-5-11(12)13-2-1-3-15(21)20(13)9-14(17)18;/h4-5,8,14H,1,3,7,9H2;/q-1;. The fourth-order valence-electron chi connectivity index (χ4n) is 2.11. The summed E-state index contributed by atoms with van der Waals surface area (Å²) < 4.78 is 30.4. The molecule has 0 fully saturated rings. The number of ether oxygens (including phenoxy) is 1. The molecule has 1 radical (unpaired) electrons. The summed E-state index contributed by atoms with van der Waals surface area (Å²) in [4.78, 5) is 12.9. The van der Waals surface area contributed by atoms with E-state index in [2.05, 4.69) is 6.08 Å². The fourth-order valence-corrected chi connectivity index (χ4v) is 2.37. The Bertz CT molecular complexity index is 647. The number of alkyl halides is 2. The first kappa shape index (κ1) is 20.0. The molecule has 0 aliphatic carbocycles. The van der Waals surface area contributed by atoms with Gasteiger partial charge >= 0.3 is 0 Å². The molecule has 4 nitrogen and oxygen atoms in total. The number of halogens is 3. The van der Waals surface area contributed by atoms with Crippen LogP contribution in [0.25, 0.3) is 5.70 Å². The number of amides is 1. The Labute approximate surface area is 162 Å². The number of hydrogen-bond acceptors (Lipinski definition) is 3. The van der Waals surface area contributed by atoms with Crippen molar-refractivity contribution in [3.05, 3.63) is 34.9 Å². The molecule has 2 rings (SSSR count). The van der Waals surface area contributed by atoms with Gasteiger partial charge in [-0.15, -0.1) is 35.3 Å². The van der Waals surface area contributed by atoms with Gasteiger partial charge in [-0.2, -0.15) is 5.26 Å². The normalized spacial score (nSPS) is 14.1. The van der Waals surface area contributed by atoms with Gasteiger partial charge in [0.1, 0.15) is 11.8 Å². The number of rotatable bonds is 5. The maximum Gasteiger partial charge on any atom is 0.256 e. The predicted molar refractivity (Wildman–Crippen MR) is 76.2 cm³/mol.